The van der Waals surface area contributed by atoms with Crippen molar-refractivity contribution in [1.29, 1.82) is 0 Å². The molecule has 0 radical (unpaired) electrons. The van der Waals surface area contributed by atoms with Crippen LogP contribution >= 0.6 is 0 Å². The monoisotopic (exact) mass is 354 g/mol. The number of aliphatic imine (C=N–C) groups is 1. The van der Waals surface area contributed by atoms with Crippen molar-refractivity contribution in [3.05, 3.63) is 33.5 Å². The van der Waals surface area contributed by atoms with Crippen LogP contribution in [0.5, 0.6) is 0 Å². The average molecular weight is 354 g/mol. The molecule has 1 aromatic heterocycles. The number of rotatable bonds is 1. The largest absolute Gasteiger partial charge is 0.370 e. The Hall–Kier alpha value is -2.30. The number of guanidine groups is 1. The zero-order valence-corrected chi connectivity index (χ0v) is 16.4. The van der Waals surface area contributed by atoms with Gasteiger partial charge in [0.2, 0.25) is 0 Å². The number of aromatic nitrogens is 1. The summed E-state index contributed by atoms with van der Waals surface area (Å²) in [5, 5.41) is 1.21. The minimum Gasteiger partial charge on any atom is -0.370 e. The molecule has 0 atom stereocenters. The first-order valence-electron chi connectivity index (χ1n) is 9.60. The third-order valence-corrected chi connectivity index (χ3v) is 5.99. The molecule has 140 valence electrons. The summed E-state index contributed by atoms with van der Waals surface area (Å²) in [6, 6.07) is 0. The van der Waals surface area contributed by atoms with Crippen LogP contribution < -0.4 is 11.5 Å². The van der Waals surface area contributed by atoms with Gasteiger partial charge in [0.05, 0.1) is 5.52 Å². The van der Waals surface area contributed by atoms with Crippen molar-refractivity contribution in [3.8, 4) is 0 Å². The van der Waals surface area contributed by atoms with E-state index in [2.05, 4.69) is 30.3 Å². The Morgan fingerprint density at radius 1 is 0.885 bits per heavy atom. The Bertz CT molecular complexity index is 901. The normalized spacial score (nSPS) is 15.1. The molecule has 3 rings (SSSR count). The summed E-state index contributed by atoms with van der Waals surface area (Å²) in [5.41, 5.74) is 19.2. The number of carbonyl (C=O) groups is 1. The molecule has 4 N–H and O–H groups in total. The van der Waals surface area contributed by atoms with E-state index < -0.39 is 0 Å². The van der Waals surface area contributed by atoms with Gasteiger partial charge in [-0.3, -0.25) is 4.79 Å². The van der Waals surface area contributed by atoms with Gasteiger partial charge in [0, 0.05) is 11.9 Å². The number of carbonyl (C=O) groups excluding carboxylic acids is 1. The lowest BCUT2D eigenvalue weighted by atomic mass is 9.90. The molecule has 0 saturated heterocycles. The van der Waals surface area contributed by atoms with Gasteiger partial charge in [-0.1, -0.05) is 19.3 Å². The van der Waals surface area contributed by atoms with Gasteiger partial charge >= 0.3 is 0 Å². The van der Waals surface area contributed by atoms with E-state index in [1.807, 2.05) is 6.92 Å². The van der Waals surface area contributed by atoms with Gasteiger partial charge in [-0.05, 0) is 74.8 Å². The minimum absolute atomic E-state index is 0.184. The fourth-order valence-corrected chi connectivity index (χ4v) is 4.47. The Morgan fingerprint density at radius 3 is 2.23 bits per heavy atom. The summed E-state index contributed by atoms with van der Waals surface area (Å²) in [7, 11) is 0. The first kappa shape index (κ1) is 18.5. The van der Waals surface area contributed by atoms with E-state index in [0.717, 1.165) is 24.9 Å². The van der Waals surface area contributed by atoms with Crippen LogP contribution in [-0.2, 0) is 13.0 Å². The molecule has 0 saturated carbocycles. The number of nitrogens with zero attached hydrogens (tertiary/aromatic N) is 2. The maximum atomic E-state index is 12.8. The third kappa shape index (κ3) is 3.00. The predicted octanol–water partition coefficient (Wildman–Crippen LogP) is 3.80. The van der Waals surface area contributed by atoms with Crippen LogP contribution in [0.1, 0.15) is 70.4 Å². The first-order valence-corrected chi connectivity index (χ1v) is 9.60. The van der Waals surface area contributed by atoms with Crippen LogP contribution in [0.2, 0.25) is 0 Å². The number of hydrogen-bond acceptors (Lipinski definition) is 1. The van der Waals surface area contributed by atoms with E-state index in [0.29, 0.717) is 5.69 Å². The molecule has 0 bridgehead atoms. The molecule has 0 fully saturated rings. The average Bonchev–Trinajstić information content (AvgIpc) is 2.87. The molecule has 1 amide bonds. The molecule has 2 aromatic rings. The smallest absolute Gasteiger partial charge is 0.297 e. The van der Waals surface area contributed by atoms with Gasteiger partial charge in [0.1, 0.15) is 5.69 Å². The molecule has 5 nitrogen and oxygen atoms in total. The lowest BCUT2D eigenvalue weighted by Crippen LogP contribution is -2.25. The number of amides is 1. The van der Waals surface area contributed by atoms with Gasteiger partial charge in [-0.2, -0.15) is 4.99 Å². The van der Waals surface area contributed by atoms with Gasteiger partial charge in [0.25, 0.3) is 5.91 Å². The fourth-order valence-electron chi connectivity index (χ4n) is 4.47. The summed E-state index contributed by atoms with van der Waals surface area (Å²) in [6.45, 7) is 9.42. The molecular formula is C21H30N4O. The molecular weight excluding hydrogens is 324 g/mol. The van der Waals surface area contributed by atoms with Crippen molar-refractivity contribution in [3.63, 3.8) is 0 Å². The minimum atomic E-state index is -0.337. The van der Waals surface area contributed by atoms with E-state index in [1.165, 1.54) is 58.8 Å². The Labute approximate surface area is 155 Å². The highest BCUT2D eigenvalue weighted by Gasteiger charge is 2.25. The van der Waals surface area contributed by atoms with E-state index in [4.69, 9.17) is 11.5 Å². The third-order valence-electron chi connectivity index (χ3n) is 5.99. The van der Waals surface area contributed by atoms with Crippen molar-refractivity contribution in [2.75, 3.05) is 0 Å². The summed E-state index contributed by atoms with van der Waals surface area (Å²) >= 11 is 0. The van der Waals surface area contributed by atoms with Crippen molar-refractivity contribution in [2.45, 2.75) is 72.8 Å². The highest BCUT2D eigenvalue weighted by Crippen LogP contribution is 2.37. The van der Waals surface area contributed by atoms with Crippen molar-refractivity contribution < 1.29 is 4.79 Å². The molecule has 0 spiro atoms. The van der Waals surface area contributed by atoms with E-state index >= 15 is 0 Å². The second-order valence-electron chi connectivity index (χ2n) is 7.56. The Morgan fingerprint density at radius 2 is 1.54 bits per heavy atom. The summed E-state index contributed by atoms with van der Waals surface area (Å²) in [6.07, 6.45) is 7.03. The second-order valence-corrected chi connectivity index (χ2v) is 7.56. The first-order chi connectivity index (χ1) is 12.3. The maximum absolute atomic E-state index is 12.8. The van der Waals surface area contributed by atoms with Crippen LogP contribution in [0.4, 0.5) is 0 Å². The van der Waals surface area contributed by atoms with E-state index in [1.54, 1.807) is 0 Å². The SMILES string of the molecule is Cc1c(C)c2c3c(c1C)c(C)c(C(=O)N=C(N)N)n3CCCCCCC2. The highest BCUT2D eigenvalue weighted by molar-refractivity contribution is 6.07. The topological polar surface area (TPSA) is 86.4 Å². The van der Waals surface area contributed by atoms with Gasteiger partial charge in [-0.15, -0.1) is 0 Å². The predicted molar refractivity (Wildman–Crippen MR) is 108 cm³/mol. The Kier molecular flexibility index (Phi) is 5.08. The highest BCUT2D eigenvalue weighted by atomic mass is 16.1. The Balaban J connectivity index is 2.41. The molecule has 0 unspecified atom stereocenters. The second kappa shape index (κ2) is 7.14. The lowest BCUT2D eigenvalue weighted by Gasteiger charge is -2.19. The summed E-state index contributed by atoms with van der Waals surface area (Å²) in [5.74, 6) is -0.520. The van der Waals surface area contributed by atoms with Crippen molar-refractivity contribution in [2.24, 2.45) is 16.5 Å². The van der Waals surface area contributed by atoms with E-state index in [-0.39, 0.29) is 11.9 Å². The molecule has 1 aliphatic heterocycles. The standard InChI is InChI=1S/C21H30N4O/c1-12-13(2)16-10-8-6-5-7-9-11-25-18(20(26)24-21(22)23)15(4)17(14(12)3)19(16)25/h5-11H2,1-4H3,(H4,22,23,24,26). The zero-order valence-electron chi connectivity index (χ0n) is 16.4. The zero-order chi connectivity index (χ0) is 19.0. The molecule has 2 heterocycles. The summed E-state index contributed by atoms with van der Waals surface area (Å²) in [4.78, 5) is 16.7. The van der Waals surface area contributed by atoms with Crippen LogP contribution in [0, 0.1) is 27.7 Å². The summed E-state index contributed by atoms with van der Waals surface area (Å²) < 4.78 is 2.19. The van der Waals surface area contributed by atoms with Crippen LogP contribution in [-0.4, -0.2) is 16.4 Å². The van der Waals surface area contributed by atoms with Gasteiger partial charge in [0.15, 0.2) is 5.96 Å². The number of aryl methyl sites for hydroxylation is 4. The maximum Gasteiger partial charge on any atom is 0.297 e. The number of hydrogen-bond donors (Lipinski definition) is 2. The lowest BCUT2D eigenvalue weighted by molar-refractivity contribution is 0.0993. The molecule has 0 aliphatic carbocycles. The fraction of sp³-hybridized carbons (Fsp3) is 0.524. The molecule has 1 aliphatic rings. The van der Waals surface area contributed by atoms with E-state index in [9.17, 15) is 4.79 Å². The van der Waals surface area contributed by atoms with Crippen LogP contribution in [0.25, 0.3) is 10.9 Å². The molecule has 1 aromatic carbocycles. The van der Waals surface area contributed by atoms with Gasteiger partial charge in [-0.25, -0.2) is 0 Å². The molecule has 5 heteroatoms. The van der Waals surface area contributed by atoms with Crippen molar-refractivity contribution in [1.82, 2.24) is 4.57 Å². The van der Waals surface area contributed by atoms with Crippen LogP contribution in [0.15, 0.2) is 4.99 Å². The number of nitrogens with two attached hydrogens (primary N) is 2. The van der Waals surface area contributed by atoms with Gasteiger partial charge < -0.3 is 16.0 Å². The van der Waals surface area contributed by atoms with Crippen molar-refractivity contribution >= 4 is 22.8 Å². The molecule has 26 heavy (non-hydrogen) atoms. The number of benzene rings is 1. The van der Waals surface area contributed by atoms with Crippen LogP contribution in [0.3, 0.4) is 0 Å². The quantitative estimate of drug-likeness (QED) is 0.603.